The Labute approximate surface area is 129 Å². The van der Waals surface area contributed by atoms with Crippen molar-refractivity contribution in [2.75, 3.05) is 20.8 Å². The molecule has 1 aliphatic heterocycles. The summed E-state index contributed by atoms with van der Waals surface area (Å²) in [6.07, 6.45) is 0.833. The van der Waals surface area contributed by atoms with E-state index in [1.807, 2.05) is 12.1 Å². The number of hydrogen-bond donors (Lipinski definition) is 3. The van der Waals surface area contributed by atoms with Gasteiger partial charge in [-0.05, 0) is 24.6 Å². The highest BCUT2D eigenvalue weighted by Gasteiger charge is 2.30. The highest BCUT2D eigenvalue weighted by atomic mass is 16.5. The van der Waals surface area contributed by atoms with E-state index < -0.39 is 6.03 Å². The quantitative estimate of drug-likeness (QED) is 0.680. The third kappa shape index (κ3) is 3.30. The Morgan fingerprint density at radius 1 is 1.23 bits per heavy atom. The second-order valence-corrected chi connectivity index (χ2v) is 5.39. The van der Waals surface area contributed by atoms with Crippen LogP contribution in [0.1, 0.15) is 18.1 Å². The smallest absolute Gasteiger partial charge is 0.319 e. The van der Waals surface area contributed by atoms with Crippen LogP contribution in [0.2, 0.25) is 0 Å². The van der Waals surface area contributed by atoms with Gasteiger partial charge in [0.1, 0.15) is 6.54 Å². The molecule has 0 saturated heterocycles. The second kappa shape index (κ2) is 6.65. The fourth-order valence-corrected chi connectivity index (χ4v) is 2.77. The number of rotatable bonds is 4. The lowest BCUT2D eigenvalue weighted by molar-refractivity contribution is -0.929. The van der Waals surface area contributed by atoms with Gasteiger partial charge in [0.05, 0.1) is 20.8 Å². The number of fused-ring (bicyclic) bond motifs is 1. The van der Waals surface area contributed by atoms with Crippen molar-refractivity contribution in [1.82, 2.24) is 5.32 Å². The Bertz CT molecular complexity index is 588. The number of quaternary nitrogens is 1. The van der Waals surface area contributed by atoms with Crippen molar-refractivity contribution in [2.45, 2.75) is 25.9 Å². The average Bonchev–Trinajstić information content (AvgIpc) is 2.51. The number of nitrogens with one attached hydrogen (secondary N) is 2. The molecule has 1 unspecified atom stereocenters. The number of benzene rings is 1. The van der Waals surface area contributed by atoms with Gasteiger partial charge in [-0.1, -0.05) is 0 Å². The Morgan fingerprint density at radius 2 is 1.82 bits per heavy atom. The first kappa shape index (κ1) is 16.1. The zero-order chi connectivity index (χ0) is 16.3. The Hall–Kier alpha value is -2.28. The number of nitrogens with two attached hydrogens (primary N) is 1. The lowest BCUT2D eigenvalue weighted by Crippen LogP contribution is -3.16. The normalized spacial score (nSPS) is 18.0. The highest BCUT2D eigenvalue weighted by molar-refractivity contribution is 5.95. The van der Waals surface area contributed by atoms with Crippen LogP contribution in [-0.4, -0.2) is 38.7 Å². The van der Waals surface area contributed by atoms with E-state index in [1.165, 1.54) is 5.56 Å². The molecule has 1 heterocycles. The molecule has 1 aromatic rings. The van der Waals surface area contributed by atoms with Gasteiger partial charge in [0.2, 0.25) is 0 Å². The Balaban J connectivity index is 2.17. The summed E-state index contributed by atoms with van der Waals surface area (Å²) < 4.78 is 10.6. The summed E-state index contributed by atoms with van der Waals surface area (Å²) in [7, 11) is 3.21. The van der Waals surface area contributed by atoms with Crippen LogP contribution in [-0.2, 0) is 17.8 Å². The molecule has 22 heavy (non-hydrogen) atoms. The van der Waals surface area contributed by atoms with Crippen LogP contribution in [0.4, 0.5) is 4.79 Å². The molecular weight excluding hydrogens is 286 g/mol. The fourth-order valence-electron chi connectivity index (χ4n) is 2.77. The number of primary amides is 1. The van der Waals surface area contributed by atoms with E-state index in [4.69, 9.17) is 15.2 Å². The van der Waals surface area contributed by atoms with Crippen molar-refractivity contribution in [3.63, 3.8) is 0 Å². The van der Waals surface area contributed by atoms with E-state index >= 15 is 0 Å². The topological polar surface area (TPSA) is 95.1 Å². The molecule has 0 aromatic heterocycles. The molecule has 1 aliphatic rings. The van der Waals surface area contributed by atoms with Gasteiger partial charge in [-0.2, -0.15) is 0 Å². The molecule has 0 fully saturated rings. The predicted molar refractivity (Wildman–Crippen MR) is 80.0 cm³/mol. The third-order valence-electron chi connectivity index (χ3n) is 4.09. The van der Waals surface area contributed by atoms with E-state index in [-0.39, 0.29) is 11.9 Å². The predicted octanol–water partition coefficient (Wildman–Crippen LogP) is -0.772. The van der Waals surface area contributed by atoms with Crippen LogP contribution in [0.15, 0.2) is 12.1 Å². The minimum Gasteiger partial charge on any atom is -0.493 e. The molecule has 7 heteroatoms. The number of imide groups is 1. The van der Waals surface area contributed by atoms with E-state index in [9.17, 15) is 9.59 Å². The first-order valence-corrected chi connectivity index (χ1v) is 7.15. The Morgan fingerprint density at radius 3 is 2.36 bits per heavy atom. The van der Waals surface area contributed by atoms with Crippen LogP contribution >= 0.6 is 0 Å². The molecule has 0 bridgehead atoms. The van der Waals surface area contributed by atoms with Gasteiger partial charge >= 0.3 is 6.03 Å². The Kier molecular flexibility index (Phi) is 4.87. The molecule has 3 amide bonds. The zero-order valence-corrected chi connectivity index (χ0v) is 13.1. The summed E-state index contributed by atoms with van der Waals surface area (Å²) in [5.41, 5.74) is 7.32. The van der Waals surface area contributed by atoms with Crippen LogP contribution in [0.3, 0.4) is 0 Å². The maximum atomic E-state index is 11.9. The largest absolute Gasteiger partial charge is 0.493 e. The molecular formula is C15H22N3O4+. The van der Waals surface area contributed by atoms with Gasteiger partial charge in [0.25, 0.3) is 5.91 Å². The summed E-state index contributed by atoms with van der Waals surface area (Å²) in [5, 5.41) is 2.14. The SMILES string of the molecule is COc1cc2c(cc1OC)C[NH+]([C@@H](C)C(=O)NC(N)=O)CC2. The van der Waals surface area contributed by atoms with Crippen molar-refractivity contribution in [3.8, 4) is 11.5 Å². The molecule has 2 rings (SSSR count). The molecule has 0 aliphatic carbocycles. The van der Waals surface area contributed by atoms with Crippen molar-refractivity contribution < 1.29 is 24.0 Å². The fraction of sp³-hybridized carbons (Fsp3) is 0.467. The number of hydrogen-bond acceptors (Lipinski definition) is 4. The minimum absolute atomic E-state index is 0.353. The highest BCUT2D eigenvalue weighted by Crippen LogP contribution is 2.31. The van der Waals surface area contributed by atoms with Crippen LogP contribution in [0.5, 0.6) is 11.5 Å². The maximum Gasteiger partial charge on any atom is 0.319 e. The number of urea groups is 1. The minimum atomic E-state index is -0.819. The lowest BCUT2D eigenvalue weighted by atomic mass is 9.97. The summed E-state index contributed by atoms with van der Waals surface area (Å²) in [6, 6.07) is 2.76. The van der Waals surface area contributed by atoms with Gasteiger partial charge < -0.3 is 20.1 Å². The van der Waals surface area contributed by atoms with Gasteiger partial charge in [0, 0.05) is 12.0 Å². The molecule has 4 N–H and O–H groups in total. The molecule has 7 nitrogen and oxygen atoms in total. The van der Waals surface area contributed by atoms with Crippen molar-refractivity contribution in [1.29, 1.82) is 0 Å². The van der Waals surface area contributed by atoms with Gasteiger partial charge in [-0.15, -0.1) is 0 Å². The van der Waals surface area contributed by atoms with Crippen LogP contribution in [0.25, 0.3) is 0 Å². The third-order valence-corrected chi connectivity index (χ3v) is 4.09. The summed E-state index contributed by atoms with van der Waals surface area (Å²) in [5.74, 6) is 1.03. The number of methoxy groups -OCH3 is 2. The van der Waals surface area contributed by atoms with Crippen molar-refractivity contribution >= 4 is 11.9 Å². The molecule has 0 spiro atoms. The van der Waals surface area contributed by atoms with Crippen molar-refractivity contribution in [3.05, 3.63) is 23.3 Å². The average molecular weight is 308 g/mol. The standard InChI is InChI=1S/C15H21N3O4/c1-9(14(19)17-15(16)20)18-5-4-10-6-12(21-2)13(22-3)7-11(10)8-18/h6-7,9H,4-5,8H2,1-3H3,(H3,16,17,19,20)/p+1/t9-/m0/s1. The molecule has 0 radical (unpaired) electrons. The maximum absolute atomic E-state index is 11.9. The molecule has 2 atom stereocenters. The van der Waals surface area contributed by atoms with Gasteiger partial charge in [-0.25, -0.2) is 4.79 Å². The van der Waals surface area contributed by atoms with Crippen LogP contribution in [0, 0.1) is 0 Å². The van der Waals surface area contributed by atoms with E-state index in [0.29, 0.717) is 18.0 Å². The summed E-state index contributed by atoms with van der Waals surface area (Å²) in [6.45, 7) is 3.28. The van der Waals surface area contributed by atoms with Crippen LogP contribution < -0.4 is 25.4 Å². The number of carbonyl (C=O) groups excluding carboxylic acids is 2. The first-order valence-electron chi connectivity index (χ1n) is 7.15. The summed E-state index contributed by atoms with van der Waals surface area (Å²) in [4.78, 5) is 23.8. The zero-order valence-electron chi connectivity index (χ0n) is 13.1. The molecule has 1 aromatic carbocycles. The first-order chi connectivity index (χ1) is 10.5. The van der Waals surface area contributed by atoms with Gasteiger partial charge in [0.15, 0.2) is 17.5 Å². The molecule has 0 saturated carbocycles. The number of carbonyl (C=O) groups is 2. The van der Waals surface area contributed by atoms with E-state index in [2.05, 4.69) is 5.32 Å². The van der Waals surface area contributed by atoms with Gasteiger partial charge in [-0.3, -0.25) is 10.1 Å². The second-order valence-electron chi connectivity index (χ2n) is 5.39. The number of amides is 3. The molecule has 120 valence electrons. The van der Waals surface area contributed by atoms with Crippen molar-refractivity contribution in [2.24, 2.45) is 5.73 Å². The lowest BCUT2D eigenvalue weighted by Gasteiger charge is -2.30. The monoisotopic (exact) mass is 308 g/mol. The number of ether oxygens (including phenoxy) is 2. The summed E-state index contributed by atoms with van der Waals surface area (Å²) >= 11 is 0. The van der Waals surface area contributed by atoms with E-state index in [0.717, 1.165) is 23.4 Å². The van der Waals surface area contributed by atoms with E-state index in [1.54, 1.807) is 21.1 Å².